The van der Waals surface area contributed by atoms with Crippen molar-refractivity contribution >= 4 is 38.7 Å². The van der Waals surface area contributed by atoms with E-state index < -0.39 is 18.0 Å². The number of thiazole rings is 1. The Morgan fingerprint density at radius 3 is 2.66 bits per heavy atom. The van der Waals surface area contributed by atoms with Crippen LogP contribution in [0.25, 0.3) is 10.2 Å². The highest BCUT2D eigenvalue weighted by molar-refractivity contribution is 7.22. The fourth-order valence-corrected chi connectivity index (χ4v) is 3.62. The van der Waals surface area contributed by atoms with Crippen molar-refractivity contribution in [1.29, 1.82) is 0 Å². The lowest BCUT2D eigenvalue weighted by Gasteiger charge is -2.17. The normalized spacial score (nSPS) is 13.6. The van der Waals surface area contributed by atoms with E-state index in [0.29, 0.717) is 35.4 Å². The predicted molar refractivity (Wildman–Crippen MR) is 108 cm³/mol. The van der Waals surface area contributed by atoms with E-state index in [1.807, 2.05) is 36.4 Å². The van der Waals surface area contributed by atoms with Crippen molar-refractivity contribution in [3.05, 3.63) is 48.0 Å². The summed E-state index contributed by atoms with van der Waals surface area (Å²) in [6.45, 7) is 2.71. The van der Waals surface area contributed by atoms with E-state index in [1.54, 1.807) is 13.0 Å². The summed E-state index contributed by atoms with van der Waals surface area (Å²) in [6.07, 6.45) is -0.664. The van der Waals surface area contributed by atoms with Gasteiger partial charge >= 0.3 is 6.09 Å². The molecular formula is C20H19N3O5S. The average molecular weight is 413 g/mol. The van der Waals surface area contributed by atoms with Gasteiger partial charge in [-0.05, 0) is 12.5 Å². The summed E-state index contributed by atoms with van der Waals surface area (Å²) in [7, 11) is 0. The maximum Gasteiger partial charge on any atom is 0.408 e. The molecule has 2 N–H and O–H groups in total. The molecule has 0 unspecified atom stereocenters. The van der Waals surface area contributed by atoms with Crippen molar-refractivity contribution < 1.29 is 23.8 Å². The van der Waals surface area contributed by atoms with Gasteiger partial charge in [0.05, 0.1) is 10.2 Å². The van der Waals surface area contributed by atoms with Crippen LogP contribution in [-0.4, -0.2) is 36.2 Å². The SMILES string of the molecule is C[C@H](NC(=O)OCc1ccccc1)C(=O)Nc1nc2cc3c(cc2s1)OCCO3. The van der Waals surface area contributed by atoms with Crippen LogP contribution in [0.3, 0.4) is 0 Å². The molecule has 0 bridgehead atoms. The Labute approximate surface area is 170 Å². The first-order valence-electron chi connectivity index (χ1n) is 9.07. The summed E-state index contributed by atoms with van der Waals surface area (Å²) < 4.78 is 17.1. The molecule has 29 heavy (non-hydrogen) atoms. The van der Waals surface area contributed by atoms with Crippen LogP contribution >= 0.6 is 11.3 Å². The zero-order valence-electron chi connectivity index (χ0n) is 15.6. The molecule has 1 aromatic heterocycles. The predicted octanol–water partition coefficient (Wildman–Crippen LogP) is 3.32. The van der Waals surface area contributed by atoms with Gasteiger partial charge in [-0.3, -0.25) is 4.79 Å². The summed E-state index contributed by atoms with van der Waals surface area (Å²) >= 11 is 1.32. The van der Waals surface area contributed by atoms with Crippen LogP contribution in [-0.2, 0) is 16.1 Å². The van der Waals surface area contributed by atoms with Crippen molar-refractivity contribution in [3.8, 4) is 11.5 Å². The van der Waals surface area contributed by atoms with E-state index in [9.17, 15) is 9.59 Å². The second-order valence-corrected chi connectivity index (χ2v) is 7.43. The number of rotatable bonds is 5. The number of hydrogen-bond donors (Lipinski definition) is 2. The van der Waals surface area contributed by atoms with Crippen LogP contribution in [0.1, 0.15) is 12.5 Å². The molecule has 0 saturated carbocycles. The molecule has 1 aliphatic heterocycles. The number of benzene rings is 2. The number of nitrogens with one attached hydrogen (secondary N) is 2. The minimum Gasteiger partial charge on any atom is -0.486 e. The Hall–Kier alpha value is -3.33. The fourth-order valence-electron chi connectivity index (χ4n) is 2.74. The number of hydrogen-bond acceptors (Lipinski definition) is 7. The lowest BCUT2D eigenvalue weighted by molar-refractivity contribution is -0.117. The fraction of sp³-hybridized carbons (Fsp3) is 0.250. The third-order valence-corrected chi connectivity index (χ3v) is 5.16. The molecule has 2 amide bonds. The van der Waals surface area contributed by atoms with Gasteiger partial charge < -0.3 is 24.8 Å². The molecule has 2 aromatic carbocycles. The van der Waals surface area contributed by atoms with Gasteiger partial charge in [0.1, 0.15) is 25.9 Å². The van der Waals surface area contributed by atoms with Crippen molar-refractivity contribution in [3.63, 3.8) is 0 Å². The molecule has 4 rings (SSSR count). The Morgan fingerprint density at radius 2 is 1.90 bits per heavy atom. The molecular weight excluding hydrogens is 394 g/mol. The Balaban J connectivity index is 1.34. The van der Waals surface area contributed by atoms with Gasteiger partial charge in [-0.25, -0.2) is 9.78 Å². The van der Waals surface area contributed by atoms with Crippen LogP contribution in [0.4, 0.5) is 9.93 Å². The molecule has 1 atom stereocenters. The second-order valence-electron chi connectivity index (χ2n) is 6.40. The largest absolute Gasteiger partial charge is 0.486 e. The molecule has 0 radical (unpaired) electrons. The molecule has 0 saturated heterocycles. The molecule has 9 heteroatoms. The number of anilines is 1. The van der Waals surface area contributed by atoms with Gasteiger partial charge in [0.25, 0.3) is 0 Å². The Kier molecular flexibility index (Phi) is 5.48. The van der Waals surface area contributed by atoms with E-state index in [4.69, 9.17) is 14.2 Å². The first-order valence-corrected chi connectivity index (χ1v) is 9.88. The molecule has 0 fully saturated rings. The van der Waals surface area contributed by atoms with Crippen molar-refractivity contribution in [1.82, 2.24) is 10.3 Å². The average Bonchev–Trinajstić information content (AvgIpc) is 3.12. The van der Waals surface area contributed by atoms with Gasteiger partial charge in [-0.15, -0.1) is 0 Å². The highest BCUT2D eigenvalue weighted by Crippen LogP contribution is 2.37. The summed E-state index contributed by atoms with van der Waals surface area (Å²) in [5.41, 5.74) is 1.57. The van der Waals surface area contributed by atoms with E-state index in [0.717, 1.165) is 10.3 Å². The van der Waals surface area contributed by atoms with Gasteiger partial charge in [0, 0.05) is 12.1 Å². The molecule has 8 nitrogen and oxygen atoms in total. The smallest absolute Gasteiger partial charge is 0.408 e. The Morgan fingerprint density at radius 1 is 1.17 bits per heavy atom. The van der Waals surface area contributed by atoms with Crippen molar-refractivity contribution in [2.24, 2.45) is 0 Å². The first kappa shape index (κ1) is 19.0. The number of amides is 2. The molecule has 1 aliphatic rings. The highest BCUT2D eigenvalue weighted by atomic mass is 32.1. The minimum absolute atomic E-state index is 0.133. The van der Waals surface area contributed by atoms with E-state index in [1.165, 1.54) is 11.3 Å². The number of ether oxygens (including phenoxy) is 3. The summed E-state index contributed by atoms with van der Waals surface area (Å²) in [6, 6.07) is 12.2. The van der Waals surface area contributed by atoms with Gasteiger partial charge in [-0.2, -0.15) is 0 Å². The van der Waals surface area contributed by atoms with E-state index >= 15 is 0 Å². The maximum atomic E-state index is 12.4. The van der Waals surface area contributed by atoms with Crippen LogP contribution in [0, 0.1) is 0 Å². The van der Waals surface area contributed by atoms with E-state index in [2.05, 4.69) is 15.6 Å². The van der Waals surface area contributed by atoms with Crippen molar-refractivity contribution in [2.45, 2.75) is 19.6 Å². The topological polar surface area (TPSA) is 98.8 Å². The van der Waals surface area contributed by atoms with Crippen LogP contribution in [0.5, 0.6) is 11.5 Å². The summed E-state index contributed by atoms with van der Waals surface area (Å²) in [5, 5.41) is 5.66. The zero-order valence-corrected chi connectivity index (χ0v) is 16.5. The maximum absolute atomic E-state index is 12.4. The molecule has 0 aliphatic carbocycles. The molecule has 3 aromatic rings. The summed E-state index contributed by atoms with van der Waals surface area (Å²) in [4.78, 5) is 28.7. The van der Waals surface area contributed by atoms with Crippen molar-refractivity contribution in [2.75, 3.05) is 18.5 Å². The minimum atomic E-state index is -0.787. The number of nitrogens with zero attached hydrogens (tertiary/aromatic N) is 1. The van der Waals surface area contributed by atoms with Gasteiger partial charge in [0.2, 0.25) is 5.91 Å². The summed E-state index contributed by atoms with van der Waals surface area (Å²) in [5.74, 6) is 0.919. The monoisotopic (exact) mass is 413 g/mol. The highest BCUT2D eigenvalue weighted by Gasteiger charge is 2.19. The molecule has 2 heterocycles. The third kappa shape index (κ3) is 4.57. The number of fused-ring (bicyclic) bond motifs is 2. The van der Waals surface area contributed by atoms with Gasteiger partial charge in [0.15, 0.2) is 16.6 Å². The third-order valence-electron chi connectivity index (χ3n) is 4.22. The number of alkyl carbamates (subject to hydrolysis) is 1. The van der Waals surface area contributed by atoms with Crippen LogP contribution < -0.4 is 20.1 Å². The lowest BCUT2D eigenvalue weighted by atomic mass is 10.2. The second kappa shape index (κ2) is 8.36. The molecule has 0 spiro atoms. The lowest BCUT2D eigenvalue weighted by Crippen LogP contribution is -2.41. The standard InChI is InChI=1S/C20H19N3O5S/c1-12(21-20(25)28-11-13-5-3-2-4-6-13)18(24)23-19-22-14-9-15-16(10-17(14)29-19)27-8-7-26-15/h2-6,9-10,12H,7-8,11H2,1H3,(H,21,25)(H,22,23,24)/t12-/m0/s1. The number of carbonyl (C=O) groups excluding carboxylic acids is 2. The van der Waals surface area contributed by atoms with Crippen LogP contribution in [0.15, 0.2) is 42.5 Å². The first-order chi connectivity index (χ1) is 14.1. The van der Waals surface area contributed by atoms with Gasteiger partial charge in [-0.1, -0.05) is 41.7 Å². The van der Waals surface area contributed by atoms with Crippen LogP contribution in [0.2, 0.25) is 0 Å². The van der Waals surface area contributed by atoms with E-state index in [-0.39, 0.29) is 6.61 Å². The number of carbonyl (C=O) groups is 2. The zero-order chi connectivity index (χ0) is 20.2. The number of aromatic nitrogens is 1. The molecule has 150 valence electrons. The Bertz CT molecular complexity index is 994. The quantitative estimate of drug-likeness (QED) is 0.666.